The van der Waals surface area contributed by atoms with Gasteiger partial charge in [-0.15, -0.1) is 0 Å². The molecule has 1 atom stereocenters. The number of carbonyl (C=O) groups is 1. The third kappa shape index (κ3) is 3.23. The lowest BCUT2D eigenvalue weighted by molar-refractivity contribution is -0.118. The lowest BCUT2D eigenvalue weighted by atomic mass is 9.87. The number of aryl methyl sites for hydroxylation is 1. The molecule has 20 heavy (non-hydrogen) atoms. The van der Waals surface area contributed by atoms with Crippen LogP contribution in [0.1, 0.15) is 30.0 Å². The van der Waals surface area contributed by atoms with Crippen molar-refractivity contribution in [3.8, 4) is 0 Å². The van der Waals surface area contributed by atoms with Crippen LogP contribution in [0.2, 0.25) is 0 Å². The van der Waals surface area contributed by atoms with Gasteiger partial charge in [-0.1, -0.05) is 36.9 Å². The topological polar surface area (TPSA) is 41.5 Å². The molecule has 2 rings (SSSR count). The average molecular weight is 268 g/mol. The van der Waals surface area contributed by atoms with Crippen LogP contribution in [0, 0.1) is 0 Å². The van der Waals surface area contributed by atoms with Gasteiger partial charge in [-0.25, -0.2) is 0 Å². The second-order valence-electron chi connectivity index (χ2n) is 4.85. The minimum absolute atomic E-state index is 0.0920. The third-order valence-electron chi connectivity index (χ3n) is 3.56. The first kappa shape index (κ1) is 14.3. The van der Waals surface area contributed by atoms with Crippen LogP contribution in [0.3, 0.4) is 0 Å². The van der Waals surface area contributed by atoms with E-state index in [1.807, 2.05) is 6.07 Å². The molecule has 3 nitrogen and oxygen atoms in total. The van der Waals surface area contributed by atoms with E-state index in [0.29, 0.717) is 5.57 Å². The van der Waals surface area contributed by atoms with Crippen molar-refractivity contribution in [2.45, 2.75) is 25.3 Å². The van der Waals surface area contributed by atoms with Crippen molar-refractivity contribution in [3.05, 3.63) is 59.7 Å². The number of hydrogen-bond acceptors (Lipinski definition) is 2. The summed E-state index contributed by atoms with van der Waals surface area (Å²) in [6.45, 7) is 3.68. The first-order valence-corrected chi connectivity index (χ1v) is 6.89. The van der Waals surface area contributed by atoms with Gasteiger partial charge in [0.05, 0.1) is 6.04 Å². The number of aliphatic imine (C=N–C) groups is 1. The lowest BCUT2D eigenvalue weighted by Crippen LogP contribution is -2.31. The Morgan fingerprint density at radius 2 is 2.25 bits per heavy atom. The molecule has 0 heterocycles. The third-order valence-corrected chi connectivity index (χ3v) is 3.56. The van der Waals surface area contributed by atoms with Gasteiger partial charge in [0.1, 0.15) is 0 Å². The Morgan fingerprint density at radius 1 is 1.45 bits per heavy atom. The first-order valence-electron chi connectivity index (χ1n) is 6.89. The molecule has 1 aliphatic rings. The molecule has 1 amide bonds. The number of allylic oxidation sites excluding steroid dienone is 1. The molecule has 1 aromatic rings. The van der Waals surface area contributed by atoms with E-state index in [2.05, 4.69) is 35.1 Å². The molecule has 0 spiro atoms. The van der Waals surface area contributed by atoms with Crippen molar-refractivity contribution in [1.29, 1.82) is 0 Å². The molecule has 0 saturated heterocycles. The van der Waals surface area contributed by atoms with E-state index in [1.165, 1.54) is 11.1 Å². The summed E-state index contributed by atoms with van der Waals surface area (Å²) in [7, 11) is 1.67. The van der Waals surface area contributed by atoms with E-state index >= 15 is 0 Å². The molecular formula is C17H20N2O. The van der Waals surface area contributed by atoms with E-state index in [0.717, 1.165) is 19.3 Å². The maximum atomic E-state index is 12.2. The van der Waals surface area contributed by atoms with E-state index in [9.17, 15) is 4.79 Å². The monoisotopic (exact) mass is 268 g/mol. The van der Waals surface area contributed by atoms with E-state index in [1.54, 1.807) is 25.4 Å². The summed E-state index contributed by atoms with van der Waals surface area (Å²) in [5.41, 5.74) is 3.11. The highest BCUT2D eigenvalue weighted by Crippen LogP contribution is 2.29. The fraction of sp³-hybridized carbons (Fsp3) is 0.294. The number of amides is 1. The quantitative estimate of drug-likeness (QED) is 0.509. The highest BCUT2D eigenvalue weighted by atomic mass is 16.1. The molecule has 0 fully saturated rings. The van der Waals surface area contributed by atoms with E-state index in [-0.39, 0.29) is 11.9 Å². The molecule has 0 bridgehead atoms. The first-order chi connectivity index (χ1) is 9.76. The molecule has 104 valence electrons. The van der Waals surface area contributed by atoms with Gasteiger partial charge in [-0.05, 0) is 36.5 Å². The Kier molecular flexibility index (Phi) is 4.88. The van der Waals surface area contributed by atoms with Crippen LogP contribution in [0.4, 0.5) is 0 Å². The maximum Gasteiger partial charge on any atom is 0.251 e. The summed E-state index contributed by atoms with van der Waals surface area (Å²) in [5.74, 6) is -0.0957. The summed E-state index contributed by atoms with van der Waals surface area (Å²) in [5, 5.41) is 3.09. The number of nitrogens with one attached hydrogen (secondary N) is 1. The fourth-order valence-corrected chi connectivity index (χ4v) is 2.54. The van der Waals surface area contributed by atoms with Gasteiger partial charge in [0.2, 0.25) is 0 Å². The SMILES string of the molecule is C=C/C(=C\C=NC)C(=O)N[C@H]1CCCc2ccccc21. The number of nitrogens with zero attached hydrogens (tertiary/aromatic N) is 1. The predicted octanol–water partition coefficient (Wildman–Crippen LogP) is 2.99. The Bertz CT molecular complexity index is 558. The van der Waals surface area contributed by atoms with Crippen molar-refractivity contribution in [1.82, 2.24) is 5.32 Å². The molecule has 0 aromatic heterocycles. The van der Waals surface area contributed by atoms with Crippen LogP contribution in [0.5, 0.6) is 0 Å². The smallest absolute Gasteiger partial charge is 0.251 e. The van der Waals surface area contributed by atoms with Crippen LogP contribution < -0.4 is 5.32 Å². The molecule has 1 aliphatic carbocycles. The zero-order valence-electron chi connectivity index (χ0n) is 11.8. The molecule has 3 heteroatoms. The van der Waals surface area contributed by atoms with Gasteiger partial charge >= 0.3 is 0 Å². The van der Waals surface area contributed by atoms with Crippen LogP contribution in [0.15, 0.2) is 53.6 Å². The number of benzene rings is 1. The fourth-order valence-electron chi connectivity index (χ4n) is 2.54. The molecule has 0 radical (unpaired) electrons. The average Bonchev–Trinajstić information content (AvgIpc) is 2.48. The van der Waals surface area contributed by atoms with Crippen LogP contribution in [0.25, 0.3) is 0 Å². The highest BCUT2D eigenvalue weighted by Gasteiger charge is 2.21. The normalized spacial score (nSPS) is 18.6. The molecule has 0 aliphatic heterocycles. The minimum atomic E-state index is -0.0957. The van der Waals surface area contributed by atoms with Gasteiger partial charge in [-0.2, -0.15) is 0 Å². The van der Waals surface area contributed by atoms with Crippen LogP contribution in [-0.2, 0) is 11.2 Å². The van der Waals surface area contributed by atoms with Crippen molar-refractivity contribution in [2.24, 2.45) is 4.99 Å². The zero-order valence-corrected chi connectivity index (χ0v) is 11.8. The van der Waals surface area contributed by atoms with Gasteiger partial charge in [0.15, 0.2) is 0 Å². The number of hydrogen-bond donors (Lipinski definition) is 1. The van der Waals surface area contributed by atoms with Gasteiger partial charge in [0.25, 0.3) is 5.91 Å². The van der Waals surface area contributed by atoms with Gasteiger partial charge in [-0.3, -0.25) is 9.79 Å². The van der Waals surface area contributed by atoms with Crippen LogP contribution >= 0.6 is 0 Å². The summed E-state index contributed by atoms with van der Waals surface area (Å²) in [4.78, 5) is 16.1. The molecule has 0 unspecified atom stereocenters. The summed E-state index contributed by atoms with van der Waals surface area (Å²) < 4.78 is 0. The summed E-state index contributed by atoms with van der Waals surface area (Å²) in [6.07, 6.45) is 8.02. The predicted molar refractivity (Wildman–Crippen MR) is 83.0 cm³/mol. The van der Waals surface area contributed by atoms with Crippen molar-refractivity contribution in [3.63, 3.8) is 0 Å². The van der Waals surface area contributed by atoms with Crippen molar-refractivity contribution < 1.29 is 4.79 Å². The Hall–Kier alpha value is -2.16. The van der Waals surface area contributed by atoms with E-state index in [4.69, 9.17) is 0 Å². The minimum Gasteiger partial charge on any atom is -0.345 e. The zero-order chi connectivity index (χ0) is 14.4. The number of carbonyl (C=O) groups excluding carboxylic acids is 1. The molecule has 1 aromatic carbocycles. The standard InChI is InChI=1S/C17H20N2O/c1-3-13(11-12-18-2)17(20)19-16-10-6-8-14-7-4-5-9-15(14)16/h3-5,7,9,11-12,16H,1,6,8,10H2,2H3,(H,19,20)/b13-11+,18-12?/t16-/m0/s1. The van der Waals surface area contributed by atoms with Crippen LogP contribution in [-0.4, -0.2) is 19.2 Å². The van der Waals surface area contributed by atoms with Gasteiger partial charge < -0.3 is 5.32 Å². The lowest BCUT2D eigenvalue weighted by Gasteiger charge is -2.26. The highest BCUT2D eigenvalue weighted by molar-refractivity contribution is 5.99. The Labute approximate surface area is 120 Å². The summed E-state index contributed by atoms with van der Waals surface area (Å²) >= 11 is 0. The molecule has 1 N–H and O–H groups in total. The Morgan fingerprint density at radius 3 is 3.00 bits per heavy atom. The maximum absolute atomic E-state index is 12.2. The second-order valence-corrected chi connectivity index (χ2v) is 4.85. The molecular weight excluding hydrogens is 248 g/mol. The number of fused-ring (bicyclic) bond motifs is 1. The van der Waals surface area contributed by atoms with Crippen molar-refractivity contribution >= 4 is 12.1 Å². The van der Waals surface area contributed by atoms with Crippen molar-refractivity contribution in [2.75, 3.05) is 7.05 Å². The second kappa shape index (κ2) is 6.85. The Balaban J connectivity index is 2.15. The molecule has 0 saturated carbocycles. The number of rotatable bonds is 4. The van der Waals surface area contributed by atoms with E-state index < -0.39 is 0 Å². The summed E-state index contributed by atoms with van der Waals surface area (Å²) in [6, 6.07) is 8.41. The van der Waals surface area contributed by atoms with Gasteiger partial charge in [0, 0.05) is 18.8 Å². The largest absolute Gasteiger partial charge is 0.345 e.